The minimum Gasteiger partial charge on any atom is -0.486 e. The van der Waals surface area contributed by atoms with E-state index >= 15 is 0 Å². The standard InChI is InChI=1S/C22H21F2NO4/c23-22(24)29-18-6-2-1-4-15(18)8-10-21(26)25-11-3-5-17(25)16-7-9-19-20(14-16)28-13-12-27-19/h1-2,4,6-10,14,17,22H,3,5,11-13H2. The van der Waals surface area contributed by atoms with E-state index in [-0.39, 0.29) is 17.7 Å². The molecular formula is C22H21F2NO4. The molecule has 4 rings (SSSR count). The van der Waals surface area contributed by atoms with Crippen molar-refractivity contribution < 1.29 is 27.8 Å². The molecule has 0 radical (unpaired) electrons. The van der Waals surface area contributed by atoms with Gasteiger partial charge in [-0.3, -0.25) is 4.79 Å². The van der Waals surface area contributed by atoms with Crippen LogP contribution in [0.4, 0.5) is 8.78 Å². The Morgan fingerprint density at radius 2 is 1.93 bits per heavy atom. The Hall–Kier alpha value is -3.09. The number of benzene rings is 2. The number of rotatable bonds is 5. The van der Waals surface area contributed by atoms with Crippen molar-refractivity contribution in [3.8, 4) is 17.2 Å². The summed E-state index contributed by atoms with van der Waals surface area (Å²) in [6, 6.07) is 12.1. The van der Waals surface area contributed by atoms with E-state index in [9.17, 15) is 13.6 Å². The fourth-order valence-corrected chi connectivity index (χ4v) is 3.72. The van der Waals surface area contributed by atoms with Gasteiger partial charge in [-0.15, -0.1) is 0 Å². The van der Waals surface area contributed by atoms with E-state index < -0.39 is 6.61 Å². The van der Waals surface area contributed by atoms with Crippen LogP contribution in [0.5, 0.6) is 17.2 Å². The lowest BCUT2D eigenvalue weighted by atomic mass is 10.0. The molecule has 0 aliphatic carbocycles. The second-order valence-electron chi connectivity index (χ2n) is 6.84. The molecule has 0 saturated carbocycles. The van der Waals surface area contributed by atoms with Gasteiger partial charge in [-0.2, -0.15) is 8.78 Å². The van der Waals surface area contributed by atoms with Crippen LogP contribution in [0.3, 0.4) is 0 Å². The minimum atomic E-state index is -2.92. The molecule has 0 spiro atoms. The molecule has 1 unspecified atom stereocenters. The number of fused-ring (bicyclic) bond motifs is 1. The van der Waals surface area contributed by atoms with Crippen LogP contribution in [-0.4, -0.2) is 37.2 Å². The second-order valence-corrected chi connectivity index (χ2v) is 6.84. The van der Waals surface area contributed by atoms with Gasteiger partial charge in [-0.25, -0.2) is 0 Å². The third-order valence-electron chi connectivity index (χ3n) is 5.03. The summed E-state index contributed by atoms with van der Waals surface area (Å²) in [5, 5.41) is 0. The number of nitrogens with zero attached hydrogens (tertiary/aromatic N) is 1. The highest BCUT2D eigenvalue weighted by Crippen LogP contribution is 2.38. The van der Waals surface area contributed by atoms with E-state index in [2.05, 4.69) is 4.74 Å². The highest BCUT2D eigenvalue weighted by atomic mass is 19.3. The molecule has 2 aromatic rings. The van der Waals surface area contributed by atoms with Gasteiger partial charge < -0.3 is 19.1 Å². The number of carbonyl (C=O) groups excluding carboxylic acids is 1. The second kappa shape index (κ2) is 8.51. The molecule has 0 aromatic heterocycles. The normalized spacial score (nSPS) is 18.4. The maximum Gasteiger partial charge on any atom is 0.387 e. The lowest BCUT2D eigenvalue weighted by Gasteiger charge is -2.26. The van der Waals surface area contributed by atoms with Crippen molar-refractivity contribution in [1.29, 1.82) is 0 Å². The predicted molar refractivity (Wildman–Crippen MR) is 103 cm³/mol. The van der Waals surface area contributed by atoms with E-state index in [1.54, 1.807) is 23.1 Å². The third kappa shape index (κ3) is 4.34. The number of hydrogen-bond acceptors (Lipinski definition) is 4. The number of halogens is 2. The highest BCUT2D eigenvalue weighted by Gasteiger charge is 2.29. The Morgan fingerprint density at radius 1 is 1.14 bits per heavy atom. The van der Waals surface area contributed by atoms with Gasteiger partial charge in [0.2, 0.25) is 5.91 Å². The molecule has 152 valence electrons. The Bertz CT molecular complexity index is 915. The summed E-state index contributed by atoms with van der Waals surface area (Å²) < 4.78 is 40.8. The maximum absolute atomic E-state index is 12.8. The highest BCUT2D eigenvalue weighted by molar-refractivity contribution is 5.92. The smallest absolute Gasteiger partial charge is 0.387 e. The molecule has 2 heterocycles. The van der Waals surface area contributed by atoms with Gasteiger partial charge in [0.05, 0.1) is 6.04 Å². The molecule has 1 amide bonds. The topological polar surface area (TPSA) is 48.0 Å². The van der Waals surface area contributed by atoms with Gasteiger partial charge >= 0.3 is 6.61 Å². The largest absolute Gasteiger partial charge is 0.486 e. The summed E-state index contributed by atoms with van der Waals surface area (Å²) in [7, 11) is 0. The van der Waals surface area contributed by atoms with E-state index in [1.807, 2.05) is 18.2 Å². The van der Waals surface area contributed by atoms with Crippen molar-refractivity contribution in [3.63, 3.8) is 0 Å². The van der Waals surface area contributed by atoms with E-state index in [4.69, 9.17) is 9.47 Å². The monoisotopic (exact) mass is 401 g/mol. The van der Waals surface area contributed by atoms with E-state index in [0.29, 0.717) is 36.8 Å². The first-order valence-corrected chi connectivity index (χ1v) is 9.54. The SMILES string of the molecule is O=C(C=Cc1ccccc1OC(F)F)N1CCCC1c1ccc2c(c1)OCCO2. The van der Waals surface area contributed by atoms with E-state index in [0.717, 1.165) is 18.4 Å². The number of likely N-dealkylation sites (tertiary alicyclic amines) is 1. The van der Waals surface area contributed by atoms with Gasteiger partial charge in [0.25, 0.3) is 0 Å². The molecule has 0 N–H and O–H groups in total. The van der Waals surface area contributed by atoms with Crippen molar-refractivity contribution >= 4 is 12.0 Å². The van der Waals surface area contributed by atoms with Gasteiger partial charge in [0.15, 0.2) is 11.5 Å². The molecule has 7 heteroatoms. The Balaban J connectivity index is 1.51. The van der Waals surface area contributed by atoms with Gasteiger partial charge in [-0.1, -0.05) is 24.3 Å². The van der Waals surface area contributed by atoms with Crippen LogP contribution < -0.4 is 14.2 Å². The Kier molecular flexibility index (Phi) is 5.64. The molecule has 5 nitrogen and oxygen atoms in total. The summed E-state index contributed by atoms with van der Waals surface area (Å²) >= 11 is 0. The molecule has 2 aliphatic rings. The third-order valence-corrected chi connectivity index (χ3v) is 5.03. The molecule has 0 bridgehead atoms. The van der Waals surface area contributed by atoms with Crippen molar-refractivity contribution in [2.75, 3.05) is 19.8 Å². The van der Waals surface area contributed by atoms with Crippen molar-refractivity contribution in [1.82, 2.24) is 4.90 Å². The lowest BCUT2D eigenvalue weighted by Crippen LogP contribution is -2.29. The number of ether oxygens (including phenoxy) is 3. The number of hydrogen-bond donors (Lipinski definition) is 0. The Morgan fingerprint density at radius 3 is 2.76 bits per heavy atom. The summed E-state index contributed by atoms with van der Waals surface area (Å²) in [5.74, 6) is 1.28. The molecule has 1 fully saturated rings. The van der Waals surface area contributed by atoms with Crippen molar-refractivity contribution in [2.45, 2.75) is 25.5 Å². The van der Waals surface area contributed by atoms with Gasteiger partial charge in [0.1, 0.15) is 19.0 Å². The molecule has 1 saturated heterocycles. The lowest BCUT2D eigenvalue weighted by molar-refractivity contribution is -0.126. The summed E-state index contributed by atoms with van der Waals surface area (Å²) in [6.45, 7) is -1.25. The van der Waals surface area contributed by atoms with Crippen LogP contribution in [0.2, 0.25) is 0 Å². The minimum absolute atomic E-state index is 0.0383. The Labute approximate surface area is 167 Å². The molecule has 2 aromatic carbocycles. The summed E-state index contributed by atoms with van der Waals surface area (Å²) in [6.07, 6.45) is 4.66. The van der Waals surface area contributed by atoms with Crippen LogP contribution in [0.15, 0.2) is 48.5 Å². The maximum atomic E-state index is 12.8. The zero-order valence-corrected chi connectivity index (χ0v) is 15.7. The first kappa shape index (κ1) is 19.2. The first-order valence-electron chi connectivity index (χ1n) is 9.54. The number of alkyl halides is 2. The quantitative estimate of drug-likeness (QED) is 0.696. The van der Waals surface area contributed by atoms with Crippen LogP contribution in [0.25, 0.3) is 6.08 Å². The molecule has 1 atom stereocenters. The average Bonchev–Trinajstić information content (AvgIpc) is 3.22. The van der Waals surface area contributed by atoms with Crippen LogP contribution in [0.1, 0.15) is 30.0 Å². The van der Waals surface area contributed by atoms with Crippen LogP contribution >= 0.6 is 0 Å². The van der Waals surface area contributed by atoms with Crippen LogP contribution in [0, 0.1) is 0 Å². The number of para-hydroxylation sites is 1. The number of amides is 1. The molecule has 2 aliphatic heterocycles. The van der Waals surface area contributed by atoms with Gasteiger partial charge in [-0.05, 0) is 42.7 Å². The van der Waals surface area contributed by atoms with Crippen LogP contribution in [-0.2, 0) is 4.79 Å². The predicted octanol–water partition coefficient (Wildman–Crippen LogP) is 4.44. The summed E-state index contributed by atoms with van der Waals surface area (Å²) in [5.41, 5.74) is 1.42. The van der Waals surface area contributed by atoms with Gasteiger partial charge in [0, 0.05) is 18.2 Å². The van der Waals surface area contributed by atoms with Crippen molar-refractivity contribution in [3.05, 3.63) is 59.7 Å². The fraction of sp³-hybridized carbons (Fsp3) is 0.318. The number of carbonyl (C=O) groups is 1. The summed E-state index contributed by atoms with van der Waals surface area (Å²) in [4.78, 5) is 14.6. The zero-order valence-electron chi connectivity index (χ0n) is 15.7. The molecule has 29 heavy (non-hydrogen) atoms. The average molecular weight is 401 g/mol. The van der Waals surface area contributed by atoms with E-state index in [1.165, 1.54) is 18.2 Å². The first-order chi connectivity index (χ1) is 14.1. The van der Waals surface area contributed by atoms with Crippen molar-refractivity contribution in [2.24, 2.45) is 0 Å². The fourth-order valence-electron chi connectivity index (χ4n) is 3.72. The molecular weight excluding hydrogens is 380 g/mol. The zero-order chi connectivity index (χ0) is 20.2.